The van der Waals surface area contributed by atoms with E-state index in [1.54, 1.807) is 65.0 Å². The number of halogens is 3. The van der Waals surface area contributed by atoms with Gasteiger partial charge in [-0.3, -0.25) is 24.0 Å². The number of carbonyl (C=O) groups is 6. The van der Waals surface area contributed by atoms with Crippen molar-refractivity contribution in [1.82, 2.24) is 20.9 Å². The average molecular weight is 652 g/mol. The van der Waals surface area contributed by atoms with Crippen LogP contribution in [0.2, 0.25) is 0 Å². The molecule has 254 valence electrons. The fourth-order valence-electron chi connectivity index (χ4n) is 6.26. The molecule has 1 aliphatic carbocycles. The highest BCUT2D eigenvalue weighted by molar-refractivity contribution is 6.37. The maximum absolute atomic E-state index is 14.1. The SMILES string of the molecule is CC(C)[C@H](NC(=O)N[C@H](C(=O)N1C[C@H]2[C@@H]([C@H]1C(=O)NC(CCC(F)(F)F)C(=O)C(N)=O)C2(C)C)C(C)(C)C)C(=O)c1ccccc1. The maximum atomic E-state index is 14.1. The van der Waals surface area contributed by atoms with Crippen LogP contribution in [0, 0.1) is 28.6 Å². The van der Waals surface area contributed by atoms with Crippen molar-refractivity contribution in [2.75, 3.05) is 6.54 Å². The molecule has 1 aromatic carbocycles. The summed E-state index contributed by atoms with van der Waals surface area (Å²) >= 11 is 0. The number of likely N-dealkylation sites (tertiary alicyclic amines) is 1. The summed E-state index contributed by atoms with van der Waals surface area (Å²) in [6, 6.07) is 2.55. The molecule has 3 rings (SSSR count). The van der Waals surface area contributed by atoms with Crippen molar-refractivity contribution in [2.45, 2.75) is 91.7 Å². The van der Waals surface area contributed by atoms with Crippen LogP contribution in [0.3, 0.4) is 0 Å². The van der Waals surface area contributed by atoms with Crippen LogP contribution in [0.4, 0.5) is 18.0 Å². The van der Waals surface area contributed by atoms with Gasteiger partial charge in [0, 0.05) is 18.5 Å². The third-order valence-corrected chi connectivity index (χ3v) is 9.03. The third kappa shape index (κ3) is 8.24. The number of amides is 5. The summed E-state index contributed by atoms with van der Waals surface area (Å²) in [6.45, 7) is 12.6. The second kappa shape index (κ2) is 13.4. The molecule has 0 spiro atoms. The van der Waals surface area contributed by atoms with Crippen LogP contribution in [-0.4, -0.2) is 77.1 Å². The smallest absolute Gasteiger partial charge is 0.363 e. The highest BCUT2D eigenvalue weighted by Crippen LogP contribution is 2.65. The van der Waals surface area contributed by atoms with Gasteiger partial charge >= 0.3 is 12.2 Å². The van der Waals surface area contributed by atoms with Crippen molar-refractivity contribution in [1.29, 1.82) is 0 Å². The van der Waals surface area contributed by atoms with E-state index in [-0.39, 0.29) is 30.1 Å². The Morgan fingerprint density at radius 1 is 0.978 bits per heavy atom. The molecule has 1 heterocycles. The van der Waals surface area contributed by atoms with E-state index in [4.69, 9.17) is 5.73 Å². The number of fused-ring (bicyclic) bond motifs is 1. The van der Waals surface area contributed by atoms with Gasteiger partial charge in [-0.05, 0) is 35.0 Å². The zero-order valence-electron chi connectivity index (χ0n) is 27.2. The lowest BCUT2D eigenvalue weighted by Gasteiger charge is -2.38. The molecule has 1 aromatic rings. The third-order valence-electron chi connectivity index (χ3n) is 9.03. The van der Waals surface area contributed by atoms with Gasteiger partial charge in [-0.15, -0.1) is 0 Å². The average Bonchev–Trinajstić information content (AvgIpc) is 3.27. The first-order valence-electron chi connectivity index (χ1n) is 15.3. The minimum atomic E-state index is -4.66. The molecule has 2 aliphatic rings. The highest BCUT2D eigenvalue weighted by Gasteiger charge is 2.70. The van der Waals surface area contributed by atoms with Gasteiger partial charge in [0.15, 0.2) is 5.78 Å². The molecule has 0 bridgehead atoms. The number of alkyl halides is 3. The number of nitrogens with one attached hydrogen (secondary N) is 3. The maximum Gasteiger partial charge on any atom is 0.389 e. The molecule has 1 saturated heterocycles. The Kier molecular flexibility index (Phi) is 10.6. The zero-order valence-corrected chi connectivity index (χ0v) is 27.2. The molecule has 14 heteroatoms. The van der Waals surface area contributed by atoms with Crippen LogP contribution in [0.15, 0.2) is 30.3 Å². The molecule has 46 heavy (non-hydrogen) atoms. The highest BCUT2D eigenvalue weighted by atomic mass is 19.4. The zero-order chi connectivity index (χ0) is 34.9. The van der Waals surface area contributed by atoms with Gasteiger partial charge in [0.25, 0.3) is 5.91 Å². The second-order valence-electron chi connectivity index (χ2n) is 14.2. The van der Waals surface area contributed by atoms with E-state index in [2.05, 4.69) is 16.0 Å². The lowest BCUT2D eigenvalue weighted by Crippen LogP contribution is -2.62. The Morgan fingerprint density at radius 2 is 1.57 bits per heavy atom. The number of urea groups is 1. The van der Waals surface area contributed by atoms with Crippen molar-refractivity contribution in [3.63, 3.8) is 0 Å². The van der Waals surface area contributed by atoms with Crippen LogP contribution in [0.5, 0.6) is 0 Å². The van der Waals surface area contributed by atoms with Gasteiger partial charge in [0.2, 0.25) is 17.6 Å². The van der Waals surface area contributed by atoms with E-state index in [0.29, 0.717) is 5.56 Å². The van der Waals surface area contributed by atoms with Crippen molar-refractivity contribution in [3.8, 4) is 0 Å². The fourth-order valence-corrected chi connectivity index (χ4v) is 6.26. The molecular formula is C32H44F3N5O6. The van der Waals surface area contributed by atoms with Crippen LogP contribution in [0.1, 0.15) is 71.7 Å². The standard InChI is InChI=1S/C32H44F3N5O6/c1-16(2)21(23(41)17-11-9-8-10-12-17)38-29(46)39-25(30(3,4)5)28(45)40-15-18-20(31(18,6)7)22(40)27(44)37-19(24(42)26(36)43)13-14-32(33,34)35/h8-12,16,18-22,25H,13-15H2,1-7H3,(H2,36,43)(H,37,44)(H2,38,39,46)/t18-,19?,20-,21-,22-,25+/m0/s1. The topological polar surface area (TPSA) is 168 Å². The minimum absolute atomic E-state index is 0.128. The lowest BCUT2D eigenvalue weighted by atomic mass is 9.85. The van der Waals surface area contributed by atoms with E-state index in [1.807, 2.05) is 13.8 Å². The van der Waals surface area contributed by atoms with Gasteiger partial charge in [0.05, 0.1) is 12.1 Å². The van der Waals surface area contributed by atoms with Crippen molar-refractivity contribution in [3.05, 3.63) is 35.9 Å². The molecule has 2 fully saturated rings. The van der Waals surface area contributed by atoms with Gasteiger partial charge in [-0.1, -0.05) is 78.8 Å². The number of nitrogens with two attached hydrogens (primary N) is 1. The molecule has 1 saturated carbocycles. The van der Waals surface area contributed by atoms with E-state index in [1.165, 1.54) is 4.90 Å². The van der Waals surface area contributed by atoms with E-state index in [0.717, 1.165) is 0 Å². The summed E-state index contributed by atoms with van der Waals surface area (Å²) in [6.07, 6.45) is -7.01. The lowest BCUT2D eigenvalue weighted by molar-refractivity contribution is -0.147. The second-order valence-corrected chi connectivity index (χ2v) is 14.2. The van der Waals surface area contributed by atoms with Gasteiger partial charge in [-0.25, -0.2) is 4.79 Å². The first kappa shape index (κ1) is 36.5. The van der Waals surface area contributed by atoms with Crippen LogP contribution >= 0.6 is 0 Å². The summed E-state index contributed by atoms with van der Waals surface area (Å²) in [7, 11) is 0. The Morgan fingerprint density at radius 3 is 2.07 bits per heavy atom. The Bertz CT molecular complexity index is 1360. The Hall–Kier alpha value is -3.97. The normalized spacial score (nSPS) is 22.2. The number of primary amides is 1. The quantitative estimate of drug-likeness (QED) is 0.200. The van der Waals surface area contributed by atoms with Crippen molar-refractivity contribution in [2.24, 2.45) is 34.3 Å². The van der Waals surface area contributed by atoms with Crippen LogP contribution in [0.25, 0.3) is 0 Å². The number of hydrogen-bond donors (Lipinski definition) is 4. The number of Topliss-reactive ketones (excluding diaryl/α,β-unsaturated/α-hetero) is 2. The summed E-state index contributed by atoms with van der Waals surface area (Å²) < 4.78 is 38.9. The fraction of sp³-hybridized carbons (Fsp3) is 0.625. The number of nitrogens with zero attached hydrogens (tertiary/aromatic N) is 1. The largest absolute Gasteiger partial charge is 0.389 e. The van der Waals surface area contributed by atoms with Crippen molar-refractivity contribution >= 4 is 35.3 Å². The Balaban J connectivity index is 1.84. The van der Waals surface area contributed by atoms with Crippen molar-refractivity contribution < 1.29 is 41.9 Å². The molecule has 11 nitrogen and oxygen atoms in total. The summed E-state index contributed by atoms with van der Waals surface area (Å²) in [4.78, 5) is 79.4. The van der Waals surface area contributed by atoms with Gasteiger partial charge in [-0.2, -0.15) is 13.2 Å². The molecule has 5 amide bonds. The van der Waals surface area contributed by atoms with Crippen LogP contribution < -0.4 is 21.7 Å². The molecule has 0 aromatic heterocycles. The van der Waals surface area contributed by atoms with Gasteiger partial charge in [0.1, 0.15) is 12.1 Å². The predicted octanol–water partition coefficient (Wildman–Crippen LogP) is 2.97. The molecule has 6 atom stereocenters. The first-order valence-corrected chi connectivity index (χ1v) is 15.3. The van der Waals surface area contributed by atoms with E-state index >= 15 is 0 Å². The molecule has 0 radical (unpaired) electrons. The summed E-state index contributed by atoms with van der Waals surface area (Å²) in [5.41, 5.74) is 4.18. The Labute approximate surface area is 266 Å². The number of hydrogen-bond acceptors (Lipinski definition) is 6. The molecule has 1 aliphatic heterocycles. The number of carbonyl (C=O) groups excluding carboxylic acids is 6. The monoisotopic (exact) mass is 651 g/mol. The molecule has 5 N–H and O–H groups in total. The van der Waals surface area contributed by atoms with E-state index < -0.39 is 83.6 Å². The minimum Gasteiger partial charge on any atom is -0.363 e. The predicted molar refractivity (Wildman–Crippen MR) is 162 cm³/mol. The summed E-state index contributed by atoms with van der Waals surface area (Å²) in [5.74, 6) is -5.50. The first-order chi connectivity index (χ1) is 21.1. The van der Waals surface area contributed by atoms with Crippen LogP contribution in [-0.2, 0) is 19.2 Å². The number of piperidine rings is 1. The van der Waals surface area contributed by atoms with E-state index in [9.17, 15) is 41.9 Å². The number of benzene rings is 1. The molecule has 1 unspecified atom stereocenters. The molecular weight excluding hydrogens is 607 g/mol. The number of ketones is 2. The summed E-state index contributed by atoms with van der Waals surface area (Å²) in [5, 5.41) is 7.62. The van der Waals surface area contributed by atoms with Gasteiger partial charge < -0.3 is 26.6 Å². The number of rotatable bonds is 12.